The third-order valence-electron chi connectivity index (χ3n) is 13.6. The second-order valence-electron chi connectivity index (χ2n) is 17.7. The van der Waals surface area contributed by atoms with Gasteiger partial charge in [-0.2, -0.15) is 0 Å². The summed E-state index contributed by atoms with van der Waals surface area (Å²) in [5.74, 6) is 0. The predicted molar refractivity (Wildman–Crippen MR) is 277 cm³/mol. The minimum atomic E-state index is -0.1000. The lowest BCUT2D eigenvalue weighted by Gasteiger charge is -2.31. The van der Waals surface area contributed by atoms with Crippen LogP contribution in [0.15, 0.2) is 243 Å². The summed E-state index contributed by atoms with van der Waals surface area (Å²) in [7, 11) is 0. The minimum absolute atomic E-state index is 0.1000. The molecule has 0 amide bonds. The van der Waals surface area contributed by atoms with Gasteiger partial charge in [0.2, 0.25) is 0 Å². The van der Waals surface area contributed by atoms with Crippen molar-refractivity contribution in [2.45, 2.75) is 19.3 Å². The highest BCUT2D eigenvalue weighted by molar-refractivity contribution is 6.23. The number of nitrogens with zero attached hydrogens (tertiary/aromatic N) is 2. The molecule has 2 heteroatoms. The molecule has 11 aromatic carbocycles. The molecular formula is C63H46N2. The Labute approximate surface area is 380 Å². The van der Waals surface area contributed by atoms with Crippen molar-refractivity contribution in [3.63, 3.8) is 0 Å². The highest BCUT2D eigenvalue weighted by Crippen LogP contribution is 2.52. The van der Waals surface area contributed by atoms with E-state index >= 15 is 0 Å². The Balaban J connectivity index is 1.03. The number of rotatable bonds is 8. The first-order valence-electron chi connectivity index (χ1n) is 22.6. The van der Waals surface area contributed by atoms with Gasteiger partial charge in [0.1, 0.15) is 0 Å². The van der Waals surface area contributed by atoms with Gasteiger partial charge in [-0.05, 0) is 115 Å². The van der Waals surface area contributed by atoms with Crippen molar-refractivity contribution < 1.29 is 0 Å². The van der Waals surface area contributed by atoms with E-state index in [2.05, 4.69) is 266 Å². The van der Waals surface area contributed by atoms with Crippen molar-refractivity contribution in [2.24, 2.45) is 0 Å². The number of para-hydroxylation sites is 1. The highest BCUT2D eigenvalue weighted by atomic mass is 15.2. The fraction of sp³-hybridized carbons (Fsp3) is 0.0476. The normalized spacial score (nSPS) is 12.6. The highest BCUT2D eigenvalue weighted by Gasteiger charge is 2.36. The minimum Gasteiger partial charge on any atom is -0.310 e. The second kappa shape index (κ2) is 15.6. The average Bonchev–Trinajstić information content (AvgIpc) is 3.60. The molecule has 0 fully saturated rings. The van der Waals surface area contributed by atoms with Crippen LogP contribution in [0.2, 0.25) is 0 Å². The van der Waals surface area contributed by atoms with E-state index in [1.54, 1.807) is 0 Å². The van der Waals surface area contributed by atoms with E-state index in [4.69, 9.17) is 0 Å². The molecule has 0 aliphatic heterocycles. The first-order valence-corrected chi connectivity index (χ1v) is 22.6. The lowest BCUT2D eigenvalue weighted by molar-refractivity contribution is 0.660. The van der Waals surface area contributed by atoms with Crippen molar-refractivity contribution in [2.75, 3.05) is 9.80 Å². The van der Waals surface area contributed by atoms with Crippen LogP contribution in [0, 0.1) is 0 Å². The van der Waals surface area contributed by atoms with Gasteiger partial charge in [-0.15, -0.1) is 0 Å². The van der Waals surface area contributed by atoms with E-state index in [9.17, 15) is 0 Å². The van der Waals surface area contributed by atoms with E-state index in [1.165, 1.54) is 76.8 Å². The molecular weight excluding hydrogens is 785 g/mol. The molecule has 0 N–H and O–H groups in total. The third kappa shape index (κ3) is 6.40. The summed E-state index contributed by atoms with van der Waals surface area (Å²) in [6.07, 6.45) is 0. The quantitative estimate of drug-likeness (QED) is 0.141. The van der Waals surface area contributed by atoms with Crippen molar-refractivity contribution in [1.82, 2.24) is 0 Å². The van der Waals surface area contributed by atoms with Gasteiger partial charge in [0.25, 0.3) is 0 Å². The zero-order valence-corrected chi connectivity index (χ0v) is 36.5. The lowest BCUT2D eigenvalue weighted by Crippen LogP contribution is -2.16. The number of hydrogen-bond acceptors (Lipinski definition) is 2. The molecule has 0 radical (unpaired) electrons. The van der Waals surface area contributed by atoms with Gasteiger partial charge in [-0.1, -0.05) is 202 Å². The molecule has 308 valence electrons. The Bertz CT molecular complexity index is 3490. The predicted octanol–water partition coefficient (Wildman–Crippen LogP) is 17.7. The van der Waals surface area contributed by atoms with Gasteiger partial charge in [0.05, 0.1) is 11.4 Å². The van der Waals surface area contributed by atoms with Crippen LogP contribution >= 0.6 is 0 Å². The lowest BCUT2D eigenvalue weighted by atomic mass is 9.82. The van der Waals surface area contributed by atoms with Crippen LogP contribution in [0.25, 0.3) is 65.7 Å². The number of hydrogen-bond donors (Lipinski definition) is 0. The first-order chi connectivity index (χ1) is 32.0. The summed E-state index contributed by atoms with van der Waals surface area (Å²) in [6.45, 7) is 4.71. The summed E-state index contributed by atoms with van der Waals surface area (Å²) in [5.41, 5.74) is 16.9. The van der Waals surface area contributed by atoms with Crippen molar-refractivity contribution in [3.8, 4) is 33.4 Å². The van der Waals surface area contributed by atoms with E-state index < -0.39 is 0 Å². The molecule has 0 spiro atoms. The molecule has 0 saturated heterocycles. The topological polar surface area (TPSA) is 6.48 Å². The van der Waals surface area contributed by atoms with Crippen LogP contribution in [0.5, 0.6) is 0 Å². The Morgan fingerprint density at radius 1 is 0.308 bits per heavy atom. The molecule has 1 aliphatic carbocycles. The van der Waals surface area contributed by atoms with E-state index in [1.807, 2.05) is 0 Å². The molecule has 65 heavy (non-hydrogen) atoms. The Kier molecular flexibility index (Phi) is 9.21. The molecule has 1 aliphatic rings. The van der Waals surface area contributed by atoms with E-state index in [0.29, 0.717) is 0 Å². The van der Waals surface area contributed by atoms with Gasteiger partial charge in [0.15, 0.2) is 0 Å². The average molecular weight is 831 g/mol. The van der Waals surface area contributed by atoms with E-state index in [0.717, 1.165) is 34.1 Å². The van der Waals surface area contributed by atoms with E-state index in [-0.39, 0.29) is 5.41 Å². The van der Waals surface area contributed by atoms with Gasteiger partial charge in [0, 0.05) is 44.3 Å². The Morgan fingerprint density at radius 3 is 1.48 bits per heavy atom. The monoisotopic (exact) mass is 830 g/mol. The zero-order valence-electron chi connectivity index (χ0n) is 36.5. The van der Waals surface area contributed by atoms with Gasteiger partial charge >= 0.3 is 0 Å². The van der Waals surface area contributed by atoms with Crippen LogP contribution in [-0.2, 0) is 5.41 Å². The maximum atomic E-state index is 2.49. The largest absolute Gasteiger partial charge is 0.310 e. The number of fused-ring (bicyclic) bond motifs is 6. The standard InChI is InChI=1S/C63H46N2/c1-63(2)58-30-16-15-25-52(58)53-41-40-50(42-59(53)63)64(47-22-7-4-8-23-47)48-38-34-46(35-39-48)61-54-26-11-13-28-56(54)62(57-29-14-12-27-55(57)61)65(60-31-17-21-45-20-9-10-24-51(45)60)49-36-32-44(33-37-49)43-18-5-3-6-19-43/h3-42H,1-2H3. The summed E-state index contributed by atoms with van der Waals surface area (Å²) in [6, 6.07) is 88.9. The molecule has 0 bridgehead atoms. The second-order valence-corrected chi connectivity index (χ2v) is 17.7. The maximum absolute atomic E-state index is 2.49. The smallest absolute Gasteiger partial charge is 0.0619 e. The summed E-state index contributed by atoms with van der Waals surface area (Å²) < 4.78 is 0. The van der Waals surface area contributed by atoms with Gasteiger partial charge < -0.3 is 9.80 Å². The fourth-order valence-corrected chi connectivity index (χ4v) is 10.5. The molecule has 0 unspecified atom stereocenters. The third-order valence-corrected chi connectivity index (χ3v) is 13.6. The number of anilines is 6. The first kappa shape index (κ1) is 38.5. The zero-order chi connectivity index (χ0) is 43.5. The van der Waals surface area contributed by atoms with Gasteiger partial charge in [-0.3, -0.25) is 0 Å². The Morgan fingerprint density at radius 2 is 0.785 bits per heavy atom. The molecule has 0 aromatic heterocycles. The molecule has 11 aromatic rings. The molecule has 12 rings (SSSR count). The molecule has 0 saturated carbocycles. The summed E-state index contributed by atoms with van der Waals surface area (Å²) in [4.78, 5) is 4.89. The molecule has 2 nitrogen and oxygen atoms in total. The summed E-state index contributed by atoms with van der Waals surface area (Å²) in [5, 5.41) is 7.21. The van der Waals surface area contributed by atoms with Gasteiger partial charge in [-0.25, -0.2) is 0 Å². The van der Waals surface area contributed by atoms with Crippen molar-refractivity contribution in [3.05, 3.63) is 254 Å². The number of benzene rings is 11. The SMILES string of the molecule is CC1(C)c2ccccc2-c2ccc(N(c3ccccc3)c3ccc(-c4c5ccccc5c(N(c5ccc(-c6ccccc6)cc5)c5cccc6ccccc56)c5ccccc45)cc3)cc21. The Hall–Kier alpha value is -8.20. The molecule has 0 atom stereocenters. The molecule has 0 heterocycles. The van der Waals surface area contributed by atoms with Crippen LogP contribution in [0.1, 0.15) is 25.0 Å². The van der Waals surface area contributed by atoms with Crippen LogP contribution in [0.3, 0.4) is 0 Å². The van der Waals surface area contributed by atoms with Crippen LogP contribution in [-0.4, -0.2) is 0 Å². The fourth-order valence-electron chi connectivity index (χ4n) is 10.5. The van der Waals surface area contributed by atoms with Crippen molar-refractivity contribution >= 4 is 66.4 Å². The maximum Gasteiger partial charge on any atom is 0.0619 e. The summed E-state index contributed by atoms with van der Waals surface area (Å²) >= 11 is 0. The van der Waals surface area contributed by atoms with Crippen LogP contribution < -0.4 is 9.80 Å². The van der Waals surface area contributed by atoms with Crippen molar-refractivity contribution in [1.29, 1.82) is 0 Å². The van der Waals surface area contributed by atoms with Crippen LogP contribution in [0.4, 0.5) is 34.1 Å².